The first-order chi connectivity index (χ1) is 10.3. The van der Waals surface area contributed by atoms with Crippen LogP contribution < -0.4 is 10.5 Å². The standard InChI is InChI=1S/C15H22ClN3O2Si/c1-22(2,3)5-4-20-11-19-10-15(9-18-19)21-14-7-12(16)6-13(17)8-14/h6-10H,4-5,11,17H2,1-3H3. The third-order valence-corrected chi connectivity index (χ3v) is 4.88. The molecule has 0 radical (unpaired) electrons. The molecule has 1 aromatic carbocycles. The lowest BCUT2D eigenvalue weighted by Gasteiger charge is -2.15. The third-order valence-electron chi connectivity index (χ3n) is 2.96. The molecule has 7 heteroatoms. The molecular formula is C15H22ClN3O2Si. The lowest BCUT2D eigenvalue weighted by atomic mass is 10.3. The molecule has 120 valence electrons. The smallest absolute Gasteiger partial charge is 0.165 e. The van der Waals surface area contributed by atoms with E-state index in [1.54, 1.807) is 35.3 Å². The molecular weight excluding hydrogens is 318 g/mol. The molecule has 0 spiro atoms. The Hall–Kier alpha value is -1.50. The Morgan fingerprint density at radius 1 is 1.23 bits per heavy atom. The van der Waals surface area contributed by atoms with Crippen molar-refractivity contribution in [2.45, 2.75) is 32.4 Å². The molecule has 1 heterocycles. The Kier molecular flexibility index (Phi) is 5.50. The summed E-state index contributed by atoms with van der Waals surface area (Å²) in [6.45, 7) is 8.16. The van der Waals surface area contributed by atoms with Gasteiger partial charge in [0, 0.05) is 31.5 Å². The number of nitrogen functional groups attached to an aromatic ring is 1. The van der Waals surface area contributed by atoms with Gasteiger partial charge in [0.05, 0.1) is 12.4 Å². The predicted octanol–water partition coefficient (Wildman–Crippen LogP) is 4.22. The third kappa shape index (κ3) is 5.71. The van der Waals surface area contributed by atoms with Crippen molar-refractivity contribution in [2.75, 3.05) is 12.3 Å². The number of nitrogens with two attached hydrogens (primary N) is 1. The van der Waals surface area contributed by atoms with Gasteiger partial charge in [-0.3, -0.25) is 0 Å². The van der Waals surface area contributed by atoms with Crippen LogP contribution in [0.1, 0.15) is 0 Å². The number of benzene rings is 1. The van der Waals surface area contributed by atoms with Crippen LogP contribution in [-0.4, -0.2) is 24.5 Å². The van der Waals surface area contributed by atoms with Crippen LogP contribution in [0.3, 0.4) is 0 Å². The summed E-state index contributed by atoms with van der Waals surface area (Å²) in [6, 6.07) is 6.23. The van der Waals surface area contributed by atoms with Gasteiger partial charge in [0.1, 0.15) is 12.5 Å². The second kappa shape index (κ2) is 7.17. The van der Waals surface area contributed by atoms with E-state index in [1.807, 2.05) is 0 Å². The molecule has 0 saturated heterocycles. The number of aromatic nitrogens is 2. The summed E-state index contributed by atoms with van der Waals surface area (Å²) in [5, 5.41) is 4.74. The molecule has 0 bridgehead atoms. The summed E-state index contributed by atoms with van der Waals surface area (Å²) in [4.78, 5) is 0. The van der Waals surface area contributed by atoms with Gasteiger partial charge >= 0.3 is 0 Å². The molecule has 5 nitrogen and oxygen atoms in total. The first-order valence-corrected chi connectivity index (χ1v) is 11.2. The number of hydrogen-bond acceptors (Lipinski definition) is 4. The number of halogens is 1. The maximum atomic E-state index is 5.95. The van der Waals surface area contributed by atoms with Crippen molar-refractivity contribution in [3.05, 3.63) is 35.6 Å². The zero-order chi connectivity index (χ0) is 16.2. The Balaban J connectivity index is 1.86. The number of nitrogens with zero attached hydrogens (tertiary/aromatic N) is 2. The van der Waals surface area contributed by atoms with Crippen molar-refractivity contribution in [3.63, 3.8) is 0 Å². The Labute approximate surface area is 137 Å². The average molecular weight is 340 g/mol. The van der Waals surface area contributed by atoms with Crippen molar-refractivity contribution in [2.24, 2.45) is 0 Å². The van der Waals surface area contributed by atoms with E-state index in [4.69, 9.17) is 26.8 Å². The molecule has 0 atom stereocenters. The van der Waals surface area contributed by atoms with Crippen LogP contribution in [0.4, 0.5) is 5.69 Å². The van der Waals surface area contributed by atoms with E-state index >= 15 is 0 Å². The van der Waals surface area contributed by atoms with Gasteiger partial charge in [-0.2, -0.15) is 5.10 Å². The van der Waals surface area contributed by atoms with E-state index in [9.17, 15) is 0 Å². The molecule has 0 aliphatic rings. The minimum absolute atomic E-state index is 0.422. The SMILES string of the molecule is C[Si](C)(C)CCOCn1cc(Oc2cc(N)cc(Cl)c2)cn1. The van der Waals surface area contributed by atoms with Crippen molar-refractivity contribution < 1.29 is 9.47 Å². The summed E-state index contributed by atoms with van der Waals surface area (Å²) < 4.78 is 13.0. The molecule has 2 N–H and O–H groups in total. The molecule has 0 saturated carbocycles. The first-order valence-electron chi connectivity index (χ1n) is 7.16. The monoisotopic (exact) mass is 339 g/mol. The van der Waals surface area contributed by atoms with E-state index < -0.39 is 8.07 Å². The Morgan fingerprint density at radius 2 is 2.00 bits per heavy atom. The lowest BCUT2D eigenvalue weighted by Crippen LogP contribution is -2.22. The van der Waals surface area contributed by atoms with Crippen LogP contribution in [0, 0.1) is 0 Å². The summed E-state index contributed by atoms with van der Waals surface area (Å²) in [5.41, 5.74) is 6.29. The lowest BCUT2D eigenvalue weighted by molar-refractivity contribution is 0.0784. The summed E-state index contributed by atoms with van der Waals surface area (Å²) in [6.07, 6.45) is 3.42. The fraction of sp³-hybridized carbons (Fsp3) is 0.400. The Bertz CT molecular complexity index is 605. The van der Waals surface area contributed by atoms with Crippen LogP contribution in [0.25, 0.3) is 0 Å². The van der Waals surface area contributed by atoms with E-state index in [-0.39, 0.29) is 0 Å². The zero-order valence-corrected chi connectivity index (χ0v) is 14.9. The molecule has 0 fully saturated rings. The van der Waals surface area contributed by atoms with Gasteiger partial charge in [0.15, 0.2) is 5.75 Å². The molecule has 0 aliphatic heterocycles. The number of hydrogen-bond donors (Lipinski definition) is 1. The van der Waals surface area contributed by atoms with Crippen LogP contribution >= 0.6 is 11.6 Å². The van der Waals surface area contributed by atoms with Crippen LogP contribution in [0.15, 0.2) is 30.6 Å². The van der Waals surface area contributed by atoms with Gasteiger partial charge < -0.3 is 15.2 Å². The van der Waals surface area contributed by atoms with Crippen molar-refractivity contribution >= 4 is 25.4 Å². The normalized spacial score (nSPS) is 11.6. The molecule has 0 amide bonds. The average Bonchev–Trinajstić information content (AvgIpc) is 2.80. The van der Waals surface area contributed by atoms with E-state index in [0.29, 0.717) is 28.9 Å². The van der Waals surface area contributed by atoms with Gasteiger partial charge in [-0.1, -0.05) is 31.2 Å². The second-order valence-electron chi connectivity index (χ2n) is 6.39. The van der Waals surface area contributed by atoms with Gasteiger partial charge in [0.25, 0.3) is 0 Å². The maximum Gasteiger partial charge on any atom is 0.165 e. The fourth-order valence-electron chi connectivity index (χ4n) is 1.78. The fourth-order valence-corrected chi connectivity index (χ4v) is 2.77. The van der Waals surface area contributed by atoms with Gasteiger partial charge in [-0.05, 0) is 18.2 Å². The van der Waals surface area contributed by atoms with Gasteiger partial charge in [0.2, 0.25) is 0 Å². The quantitative estimate of drug-likeness (QED) is 0.466. The highest BCUT2D eigenvalue weighted by atomic mass is 35.5. The number of ether oxygens (including phenoxy) is 2. The number of rotatable bonds is 7. The predicted molar refractivity (Wildman–Crippen MR) is 92.3 cm³/mol. The largest absolute Gasteiger partial charge is 0.454 e. The molecule has 0 aliphatic carbocycles. The van der Waals surface area contributed by atoms with Crippen LogP contribution in [0.5, 0.6) is 11.5 Å². The van der Waals surface area contributed by atoms with Crippen molar-refractivity contribution in [3.8, 4) is 11.5 Å². The van der Waals surface area contributed by atoms with Crippen LogP contribution in [-0.2, 0) is 11.5 Å². The van der Waals surface area contributed by atoms with Crippen molar-refractivity contribution in [1.29, 1.82) is 0 Å². The minimum Gasteiger partial charge on any atom is -0.454 e. The van der Waals surface area contributed by atoms with Crippen LogP contribution in [0.2, 0.25) is 30.7 Å². The second-order valence-corrected chi connectivity index (χ2v) is 12.4. The highest BCUT2D eigenvalue weighted by Crippen LogP contribution is 2.26. The van der Waals surface area contributed by atoms with E-state index in [2.05, 4.69) is 24.7 Å². The van der Waals surface area contributed by atoms with E-state index in [0.717, 1.165) is 12.7 Å². The molecule has 1 aromatic heterocycles. The van der Waals surface area contributed by atoms with E-state index in [1.165, 1.54) is 0 Å². The van der Waals surface area contributed by atoms with Gasteiger partial charge in [-0.15, -0.1) is 0 Å². The summed E-state index contributed by atoms with van der Waals surface area (Å²) >= 11 is 5.95. The summed E-state index contributed by atoms with van der Waals surface area (Å²) in [5.74, 6) is 1.21. The molecule has 22 heavy (non-hydrogen) atoms. The zero-order valence-electron chi connectivity index (χ0n) is 13.2. The maximum absolute atomic E-state index is 5.95. The van der Waals surface area contributed by atoms with Crippen molar-refractivity contribution in [1.82, 2.24) is 9.78 Å². The highest BCUT2D eigenvalue weighted by Gasteiger charge is 2.12. The number of anilines is 1. The minimum atomic E-state index is -1.06. The highest BCUT2D eigenvalue weighted by molar-refractivity contribution is 6.76. The molecule has 0 unspecified atom stereocenters. The molecule has 2 rings (SSSR count). The summed E-state index contributed by atoms with van der Waals surface area (Å²) in [7, 11) is -1.06. The topological polar surface area (TPSA) is 62.3 Å². The first kappa shape index (κ1) is 16.9. The molecule has 2 aromatic rings. The Morgan fingerprint density at radius 3 is 2.68 bits per heavy atom. The van der Waals surface area contributed by atoms with Gasteiger partial charge in [-0.25, -0.2) is 4.68 Å².